The first-order chi connectivity index (χ1) is 5.06. The number of carboxylic acid groups (broad SMARTS) is 1. The van der Waals surface area contributed by atoms with Crippen molar-refractivity contribution < 1.29 is 19.4 Å². The topological polar surface area (TPSA) is 63.6 Å². The van der Waals surface area contributed by atoms with Gasteiger partial charge in [0.2, 0.25) is 0 Å². The number of aldehydes is 1. The molecule has 0 rings (SSSR count). The smallest absolute Gasteiger partial charge is 0.336 e. The van der Waals surface area contributed by atoms with Crippen molar-refractivity contribution in [2.45, 2.75) is 25.9 Å². The highest BCUT2D eigenvalue weighted by Gasteiger charge is 2.33. The molecule has 0 saturated carbocycles. The maximum atomic E-state index is 10.5. The number of ether oxygens (including phenoxy) is 1. The van der Waals surface area contributed by atoms with E-state index in [-0.39, 0.29) is 13.0 Å². The van der Waals surface area contributed by atoms with Crippen LogP contribution in [0.25, 0.3) is 0 Å². The van der Waals surface area contributed by atoms with E-state index in [2.05, 4.69) is 0 Å². The number of carbonyl (C=O) groups excluding carboxylic acids is 1. The average Bonchev–Trinajstić information content (AvgIpc) is 1.88. The molecule has 0 aromatic heterocycles. The molecule has 0 aromatic carbocycles. The molecule has 0 aromatic rings. The lowest BCUT2D eigenvalue weighted by atomic mass is 10.0. The first-order valence-corrected chi connectivity index (χ1v) is 3.38. The standard InChI is InChI=1S/C7H12O4/c1-3-11-7(2,4-5-8)6(9)10/h5H,3-4H2,1-2H3,(H,9,10). The Morgan fingerprint density at radius 2 is 2.27 bits per heavy atom. The van der Waals surface area contributed by atoms with Gasteiger partial charge in [-0.1, -0.05) is 0 Å². The molecule has 0 bridgehead atoms. The van der Waals surface area contributed by atoms with E-state index >= 15 is 0 Å². The molecular formula is C7H12O4. The molecule has 0 saturated heterocycles. The number of aliphatic carboxylic acids is 1. The second kappa shape index (κ2) is 4.08. The summed E-state index contributed by atoms with van der Waals surface area (Å²) < 4.78 is 4.90. The minimum Gasteiger partial charge on any atom is -0.479 e. The molecule has 11 heavy (non-hydrogen) atoms. The zero-order chi connectivity index (χ0) is 8.91. The van der Waals surface area contributed by atoms with Gasteiger partial charge in [-0.25, -0.2) is 4.79 Å². The van der Waals surface area contributed by atoms with Crippen LogP contribution in [0.1, 0.15) is 20.3 Å². The molecule has 1 unspecified atom stereocenters. The van der Waals surface area contributed by atoms with Crippen molar-refractivity contribution in [2.24, 2.45) is 0 Å². The van der Waals surface area contributed by atoms with Crippen LogP contribution in [-0.2, 0) is 14.3 Å². The van der Waals surface area contributed by atoms with Crippen molar-refractivity contribution in [3.8, 4) is 0 Å². The molecule has 4 heteroatoms. The van der Waals surface area contributed by atoms with Gasteiger partial charge in [-0.3, -0.25) is 0 Å². The van der Waals surface area contributed by atoms with Crippen molar-refractivity contribution in [3.05, 3.63) is 0 Å². The van der Waals surface area contributed by atoms with Crippen LogP contribution in [0.15, 0.2) is 0 Å². The molecule has 0 aliphatic carbocycles. The Labute approximate surface area is 65.2 Å². The quantitative estimate of drug-likeness (QED) is 0.593. The van der Waals surface area contributed by atoms with Crippen LogP contribution in [0, 0.1) is 0 Å². The second-order valence-electron chi connectivity index (χ2n) is 2.34. The van der Waals surface area contributed by atoms with E-state index in [1.54, 1.807) is 6.92 Å². The Hall–Kier alpha value is -0.900. The number of hydrogen-bond donors (Lipinski definition) is 1. The predicted octanol–water partition coefficient (Wildman–Crippen LogP) is 0.455. The Morgan fingerprint density at radius 1 is 1.73 bits per heavy atom. The summed E-state index contributed by atoms with van der Waals surface area (Å²) in [7, 11) is 0. The molecule has 0 amide bonds. The zero-order valence-corrected chi connectivity index (χ0v) is 6.66. The van der Waals surface area contributed by atoms with Crippen LogP contribution in [0.2, 0.25) is 0 Å². The number of rotatable bonds is 5. The van der Waals surface area contributed by atoms with E-state index in [0.717, 1.165) is 0 Å². The van der Waals surface area contributed by atoms with Crippen LogP contribution in [0.4, 0.5) is 0 Å². The van der Waals surface area contributed by atoms with Gasteiger partial charge in [0, 0.05) is 13.0 Å². The molecule has 64 valence electrons. The minimum atomic E-state index is -1.35. The van der Waals surface area contributed by atoms with Gasteiger partial charge in [-0.05, 0) is 13.8 Å². The third-order valence-corrected chi connectivity index (χ3v) is 1.39. The van der Waals surface area contributed by atoms with E-state index in [4.69, 9.17) is 9.84 Å². The average molecular weight is 160 g/mol. The van der Waals surface area contributed by atoms with Gasteiger partial charge in [0.1, 0.15) is 6.29 Å². The third kappa shape index (κ3) is 2.67. The van der Waals surface area contributed by atoms with Crippen LogP contribution in [0.5, 0.6) is 0 Å². The van der Waals surface area contributed by atoms with E-state index in [0.29, 0.717) is 6.29 Å². The molecular weight excluding hydrogens is 148 g/mol. The maximum absolute atomic E-state index is 10.5. The van der Waals surface area contributed by atoms with Crippen molar-refractivity contribution in [3.63, 3.8) is 0 Å². The van der Waals surface area contributed by atoms with Crippen molar-refractivity contribution in [1.82, 2.24) is 0 Å². The highest BCUT2D eigenvalue weighted by atomic mass is 16.5. The van der Waals surface area contributed by atoms with Gasteiger partial charge in [0.15, 0.2) is 5.60 Å². The number of carboxylic acids is 1. The molecule has 1 N–H and O–H groups in total. The summed E-state index contributed by atoms with van der Waals surface area (Å²) >= 11 is 0. The van der Waals surface area contributed by atoms with Gasteiger partial charge >= 0.3 is 5.97 Å². The van der Waals surface area contributed by atoms with E-state index in [1.807, 2.05) is 0 Å². The fourth-order valence-electron chi connectivity index (χ4n) is 0.686. The van der Waals surface area contributed by atoms with Gasteiger partial charge in [-0.15, -0.1) is 0 Å². The van der Waals surface area contributed by atoms with Crippen LogP contribution in [-0.4, -0.2) is 29.6 Å². The molecule has 1 atom stereocenters. The lowest BCUT2D eigenvalue weighted by molar-refractivity contribution is -0.164. The summed E-state index contributed by atoms with van der Waals surface area (Å²) in [5, 5.41) is 8.61. The molecule has 0 heterocycles. The molecule has 0 fully saturated rings. The molecule has 0 radical (unpaired) electrons. The molecule has 0 aliphatic rings. The number of hydrogen-bond acceptors (Lipinski definition) is 3. The number of carbonyl (C=O) groups is 2. The summed E-state index contributed by atoms with van der Waals surface area (Å²) in [5.74, 6) is -1.11. The Balaban J connectivity index is 4.24. The van der Waals surface area contributed by atoms with Crippen LogP contribution >= 0.6 is 0 Å². The van der Waals surface area contributed by atoms with Gasteiger partial charge < -0.3 is 14.6 Å². The first kappa shape index (κ1) is 10.1. The minimum absolute atomic E-state index is 0.115. The summed E-state index contributed by atoms with van der Waals surface area (Å²) in [5.41, 5.74) is -1.35. The lowest BCUT2D eigenvalue weighted by Gasteiger charge is -2.21. The van der Waals surface area contributed by atoms with E-state index < -0.39 is 11.6 Å². The highest BCUT2D eigenvalue weighted by molar-refractivity contribution is 5.80. The van der Waals surface area contributed by atoms with E-state index in [1.165, 1.54) is 6.92 Å². The summed E-state index contributed by atoms with van der Waals surface area (Å²) in [4.78, 5) is 20.6. The fraction of sp³-hybridized carbons (Fsp3) is 0.714. The summed E-state index contributed by atoms with van der Waals surface area (Å²) in [6, 6.07) is 0. The summed E-state index contributed by atoms with van der Waals surface area (Å²) in [6.07, 6.45) is 0.431. The Bertz CT molecular complexity index is 155. The first-order valence-electron chi connectivity index (χ1n) is 3.38. The highest BCUT2D eigenvalue weighted by Crippen LogP contribution is 2.13. The van der Waals surface area contributed by atoms with Gasteiger partial charge in [0.05, 0.1) is 0 Å². The van der Waals surface area contributed by atoms with Crippen molar-refractivity contribution in [2.75, 3.05) is 6.61 Å². The van der Waals surface area contributed by atoms with Crippen molar-refractivity contribution >= 4 is 12.3 Å². The van der Waals surface area contributed by atoms with Gasteiger partial charge in [0.25, 0.3) is 0 Å². The summed E-state index contributed by atoms with van der Waals surface area (Å²) in [6.45, 7) is 3.36. The fourth-order valence-corrected chi connectivity index (χ4v) is 0.686. The third-order valence-electron chi connectivity index (χ3n) is 1.39. The van der Waals surface area contributed by atoms with Gasteiger partial charge in [-0.2, -0.15) is 0 Å². The monoisotopic (exact) mass is 160 g/mol. The molecule has 0 aliphatic heterocycles. The Morgan fingerprint density at radius 3 is 2.55 bits per heavy atom. The maximum Gasteiger partial charge on any atom is 0.336 e. The second-order valence-corrected chi connectivity index (χ2v) is 2.34. The predicted molar refractivity (Wildman–Crippen MR) is 38.3 cm³/mol. The van der Waals surface area contributed by atoms with E-state index in [9.17, 15) is 9.59 Å². The normalized spacial score (nSPS) is 15.5. The SMILES string of the molecule is CCOC(C)(CC=O)C(=O)O. The van der Waals surface area contributed by atoms with Crippen LogP contribution < -0.4 is 0 Å². The largest absolute Gasteiger partial charge is 0.479 e. The molecule has 0 spiro atoms. The van der Waals surface area contributed by atoms with Crippen molar-refractivity contribution in [1.29, 1.82) is 0 Å². The zero-order valence-electron chi connectivity index (χ0n) is 6.66. The lowest BCUT2D eigenvalue weighted by Crippen LogP contribution is -2.38. The van der Waals surface area contributed by atoms with Crippen LogP contribution in [0.3, 0.4) is 0 Å². The molecule has 4 nitrogen and oxygen atoms in total. The Kier molecular flexibility index (Phi) is 3.74.